The number of hydrogen-bond acceptors (Lipinski definition) is 5. The highest BCUT2D eigenvalue weighted by Crippen LogP contribution is 2.35. The number of amides is 2. The first-order valence-electron chi connectivity index (χ1n) is 9.07. The second-order valence-corrected chi connectivity index (χ2v) is 7.97. The van der Waals surface area contributed by atoms with Crippen molar-refractivity contribution in [3.63, 3.8) is 0 Å². The number of hydrogen-bond donors (Lipinski definition) is 2. The summed E-state index contributed by atoms with van der Waals surface area (Å²) in [6.45, 7) is 3.66. The molecule has 0 aromatic heterocycles. The Bertz CT molecular complexity index is 950. The summed E-state index contributed by atoms with van der Waals surface area (Å²) in [4.78, 5) is 25.0. The van der Waals surface area contributed by atoms with Crippen LogP contribution >= 0.6 is 27.5 Å². The molecular weight excluding hydrogens is 474 g/mol. The van der Waals surface area contributed by atoms with E-state index in [9.17, 15) is 9.59 Å². The van der Waals surface area contributed by atoms with E-state index in [-0.39, 0.29) is 11.8 Å². The van der Waals surface area contributed by atoms with Crippen LogP contribution < -0.4 is 20.2 Å². The Kier molecular flexibility index (Phi) is 8.68. The monoisotopic (exact) mass is 495 g/mol. The highest BCUT2D eigenvalue weighted by atomic mass is 79.9. The molecule has 2 N–H and O–H groups in total. The second kappa shape index (κ2) is 11.0. The molecule has 0 fully saturated rings. The van der Waals surface area contributed by atoms with Gasteiger partial charge in [-0.25, -0.2) is 5.43 Å². The van der Waals surface area contributed by atoms with Gasteiger partial charge in [0.2, 0.25) is 0 Å². The van der Waals surface area contributed by atoms with Crippen molar-refractivity contribution < 1.29 is 19.1 Å². The van der Waals surface area contributed by atoms with Crippen LogP contribution in [0.3, 0.4) is 0 Å². The van der Waals surface area contributed by atoms with Crippen LogP contribution in [0, 0.1) is 5.92 Å². The largest absolute Gasteiger partial charge is 0.493 e. The number of nitrogens with zero attached hydrogens (tertiary/aromatic N) is 1. The molecule has 0 bridgehead atoms. The molecule has 2 aromatic rings. The molecule has 0 aliphatic carbocycles. The summed E-state index contributed by atoms with van der Waals surface area (Å²) in [5.41, 5.74) is 3.53. The molecule has 2 aromatic carbocycles. The van der Waals surface area contributed by atoms with E-state index < -0.39 is 11.9 Å². The fraction of sp³-hybridized carbons (Fsp3) is 0.286. The number of benzene rings is 2. The molecule has 7 nitrogen and oxygen atoms in total. The van der Waals surface area contributed by atoms with Gasteiger partial charge < -0.3 is 14.8 Å². The predicted molar refractivity (Wildman–Crippen MR) is 121 cm³/mol. The van der Waals surface area contributed by atoms with Crippen molar-refractivity contribution in [1.29, 1.82) is 0 Å². The molecule has 30 heavy (non-hydrogen) atoms. The highest BCUT2D eigenvalue weighted by Gasteiger charge is 2.24. The molecule has 2 rings (SSSR count). The number of halogens is 2. The Morgan fingerprint density at radius 3 is 2.50 bits per heavy atom. The summed E-state index contributed by atoms with van der Waals surface area (Å²) in [7, 11) is 3.07. The van der Waals surface area contributed by atoms with Crippen LogP contribution in [0.15, 0.2) is 46.0 Å². The first-order valence-corrected chi connectivity index (χ1v) is 10.2. The van der Waals surface area contributed by atoms with Gasteiger partial charge in [-0.15, -0.1) is 0 Å². The second-order valence-electron chi connectivity index (χ2n) is 6.68. The maximum Gasteiger partial charge on any atom is 0.262 e. The van der Waals surface area contributed by atoms with Crippen molar-refractivity contribution in [3.05, 3.63) is 57.0 Å². The molecule has 0 saturated heterocycles. The van der Waals surface area contributed by atoms with Crippen LogP contribution in [0.25, 0.3) is 0 Å². The minimum Gasteiger partial charge on any atom is -0.493 e. The lowest BCUT2D eigenvalue weighted by Crippen LogP contribution is -2.48. The average molecular weight is 497 g/mol. The van der Waals surface area contributed by atoms with E-state index in [0.717, 1.165) is 0 Å². The first kappa shape index (κ1) is 23.7. The lowest BCUT2D eigenvalue weighted by molar-refractivity contribution is -0.123. The van der Waals surface area contributed by atoms with Crippen LogP contribution in [0.5, 0.6) is 11.5 Å². The van der Waals surface area contributed by atoms with E-state index in [1.165, 1.54) is 13.3 Å². The minimum absolute atomic E-state index is 0.154. The van der Waals surface area contributed by atoms with Gasteiger partial charge in [0.1, 0.15) is 6.04 Å². The molecule has 0 spiro atoms. The quantitative estimate of drug-likeness (QED) is 0.427. The van der Waals surface area contributed by atoms with Gasteiger partial charge in [-0.1, -0.05) is 31.5 Å². The third-order valence-electron chi connectivity index (χ3n) is 4.17. The van der Waals surface area contributed by atoms with E-state index in [2.05, 4.69) is 31.8 Å². The third kappa shape index (κ3) is 6.21. The molecule has 9 heteroatoms. The summed E-state index contributed by atoms with van der Waals surface area (Å²) in [6.07, 6.45) is 1.47. The smallest absolute Gasteiger partial charge is 0.262 e. The highest BCUT2D eigenvalue weighted by molar-refractivity contribution is 9.10. The Morgan fingerprint density at radius 1 is 1.17 bits per heavy atom. The summed E-state index contributed by atoms with van der Waals surface area (Å²) < 4.78 is 11.2. The Balaban J connectivity index is 2.08. The van der Waals surface area contributed by atoms with Crippen LogP contribution in [0.1, 0.15) is 29.8 Å². The lowest BCUT2D eigenvalue weighted by Gasteiger charge is -2.20. The Hall–Kier alpha value is -2.58. The first-order chi connectivity index (χ1) is 14.3. The molecule has 0 aliphatic rings. The van der Waals surface area contributed by atoms with Gasteiger partial charge in [0, 0.05) is 10.6 Å². The van der Waals surface area contributed by atoms with E-state index in [1.54, 1.807) is 43.5 Å². The molecule has 160 valence electrons. The average Bonchev–Trinajstić information content (AvgIpc) is 2.70. The maximum absolute atomic E-state index is 12.6. The molecular formula is C21H23BrClN3O4. The van der Waals surface area contributed by atoms with E-state index in [4.69, 9.17) is 21.1 Å². The molecule has 0 aliphatic heterocycles. The van der Waals surface area contributed by atoms with Crippen LogP contribution in [0.2, 0.25) is 5.02 Å². The Morgan fingerprint density at radius 2 is 1.90 bits per heavy atom. The number of hydrazone groups is 1. The van der Waals surface area contributed by atoms with Gasteiger partial charge in [0.25, 0.3) is 11.8 Å². The zero-order valence-corrected chi connectivity index (χ0v) is 19.4. The van der Waals surface area contributed by atoms with E-state index in [0.29, 0.717) is 32.1 Å². The van der Waals surface area contributed by atoms with Crippen LogP contribution in [-0.4, -0.2) is 38.3 Å². The summed E-state index contributed by atoms with van der Waals surface area (Å²) in [6, 6.07) is 9.24. The lowest BCUT2D eigenvalue weighted by atomic mass is 10.0. The summed E-state index contributed by atoms with van der Waals surface area (Å²) >= 11 is 9.34. The van der Waals surface area contributed by atoms with Crippen molar-refractivity contribution in [1.82, 2.24) is 10.7 Å². The summed E-state index contributed by atoms with van der Waals surface area (Å²) in [5, 5.41) is 7.16. The number of methoxy groups -OCH3 is 2. The zero-order chi connectivity index (χ0) is 22.3. The minimum atomic E-state index is -0.772. The fourth-order valence-corrected chi connectivity index (χ4v) is 3.45. The topological polar surface area (TPSA) is 89.0 Å². The number of ether oxygens (including phenoxy) is 2. The Labute approximate surface area is 188 Å². The van der Waals surface area contributed by atoms with Crippen LogP contribution in [0.4, 0.5) is 0 Å². The van der Waals surface area contributed by atoms with Gasteiger partial charge >= 0.3 is 0 Å². The van der Waals surface area contributed by atoms with Crippen molar-refractivity contribution in [2.75, 3.05) is 14.2 Å². The van der Waals surface area contributed by atoms with Crippen LogP contribution in [-0.2, 0) is 4.79 Å². The number of nitrogens with one attached hydrogen (secondary N) is 2. The van der Waals surface area contributed by atoms with Crippen molar-refractivity contribution in [2.24, 2.45) is 11.0 Å². The molecule has 0 heterocycles. The van der Waals surface area contributed by atoms with E-state index in [1.807, 2.05) is 13.8 Å². The predicted octanol–water partition coefficient (Wildman–Crippen LogP) is 4.02. The normalized spacial score (nSPS) is 12.0. The number of carbonyl (C=O) groups excluding carboxylic acids is 2. The van der Waals surface area contributed by atoms with Crippen molar-refractivity contribution in [2.45, 2.75) is 19.9 Å². The third-order valence-corrected chi connectivity index (χ3v) is 4.99. The zero-order valence-electron chi connectivity index (χ0n) is 17.0. The van der Waals surface area contributed by atoms with E-state index >= 15 is 0 Å². The van der Waals surface area contributed by atoms with Crippen molar-refractivity contribution in [3.8, 4) is 11.5 Å². The molecule has 1 unspecified atom stereocenters. The summed E-state index contributed by atoms with van der Waals surface area (Å²) in [5.74, 6) is 0.102. The fourth-order valence-electron chi connectivity index (χ4n) is 2.64. The molecule has 0 radical (unpaired) electrons. The van der Waals surface area contributed by atoms with Gasteiger partial charge in [-0.2, -0.15) is 5.10 Å². The van der Waals surface area contributed by atoms with Crippen molar-refractivity contribution >= 4 is 45.6 Å². The van der Waals surface area contributed by atoms with Gasteiger partial charge in [-0.3, -0.25) is 9.59 Å². The standard InChI is InChI=1S/C21H23BrClN3O4/c1-12(2)18(25-20(27)14-6-5-7-15(23)10-14)21(28)26-24-11-13-8-16(22)19(30-4)17(9-13)29-3/h5-12,18H,1-4H3,(H,25,27)(H,26,28). The van der Waals surface area contributed by atoms with Gasteiger partial charge in [0.15, 0.2) is 11.5 Å². The number of carbonyl (C=O) groups is 2. The number of rotatable bonds is 8. The molecule has 2 amide bonds. The van der Waals surface area contributed by atoms with Gasteiger partial charge in [-0.05, 0) is 57.7 Å². The molecule has 1 atom stereocenters. The molecule has 0 saturated carbocycles. The maximum atomic E-state index is 12.6. The SMILES string of the molecule is COc1cc(C=NNC(=O)C(NC(=O)c2cccc(Cl)c2)C(C)C)cc(Br)c1OC. The van der Waals surface area contributed by atoms with Gasteiger partial charge in [0.05, 0.1) is 24.9 Å².